The first kappa shape index (κ1) is 14.2. The Morgan fingerprint density at radius 2 is 1.85 bits per heavy atom. The van der Waals surface area contributed by atoms with Gasteiger partial charge in [0, 0.05) is 13.2 Å². The van der Waals surface area contributed by atoms with Crippen LogP contribution in [0.3, 0.4) is 0 Å². The smallest absolute Gasteiger partial charge is 0.416 e. The van der Waals surface area contributed by atoms with Crippen molar-refractivity contribution in [1.82, 2.24) is 4.57 Å². The Hall–Kier alpha value is -2.24. The van der Waals surface area contributed by atoms with Crippen molar-refractivity contribution in [3.8, 4) is 5.75 Å². The van der Waals surface area contributed by atoms with Gasteiger partial charge >= 0.3 is 6.18 Å². The zero-order valence-electron chi connectivity index (χ0n) is 10.6. The van der Waals surface area contributed by atoms with E-state index in [2.05, 4.69) is 0 Å². The van der Waals surface area contributed by atoms with Gasteiger partial charge < -0.3 is 9.30 Å². The second-order valence-electron chi connectivity index (χ2n) is 4.24. The minimum absolute atomic E-state index is 0.219. The molecule has 0 aliphatic heterocycles. The average molecular weight is 283 g/mol. The molecule has 0 atom stereocenters. The molecule has 0 N–H and O–H groups in total. The summed E-state index contributed by atoms with van der Waals surface area (Å²) in [4.78, 5) is 11.8. The molecule has 0 spiro atoms. The van der Waals surface area contributed by atoms with Gasteiger partial charge in [-0.2, -0.15) is 13.2 Å². The van der Waals surface area contributed by atoms with Gasteiger partial charge in [-0.25, -0.2) is 0 Å². The van der Waals surface area contributed by atoms with Crippen molar-refractivity contribution in [3.63, 3.8) is 0 Å². The molecule has 0 amide bonds. The fourth-order valence-corrected chi connectivity index (χ4v) is 1.71. The molecule has 1 aromatic heterocycles. The van der Waals surface area contributed by atoms with E-state index >= 15 is 0 Å². The molecule has 106 valence electrons. The molecular weight excluding hydrogens is 271 g/mol. The van der Waals surface area contributed by atoms with Crippen LogP contribution in [0.1, 0.15) is 16.1 Å². The number of halogens is 3. The first-order valence-corrected chi connectivity index (χ1v) is 5.82. The fraction of sp³-hybridized carbons (Fsp3) is 0.214. The van der Waals surface area contributed by atoms with Gasteiger partial charge in [-0.1, -0.05) is 0 Å². The lowest BCUT2D eigenvalue weighted by atomic mass is 10.2. The van der Waals surface area contributed by atoms with Crippen molar-refractivity contribution in [1.29, 1.82) is 0 Å². The Kier molecular flexibility index (Phi) is 3.83. The molecule has 2 rings (SSSR count). The van der Waals surface area contributed by atoms with Crippen LogP contribution in [0.4, 0.5) is 13.2 Å². The minimum atomic E-state index is -4.38. The lowest BCUT2D eigenvalue weighted by Crippen LogP contribution is -2.14. The quantitative estimate of drug-likeness (QED) is 0.806. The maximum Gasteiger partial charge on any atom is 0.416 e. The molecule has 3 nitrogen and oxygen atoms in total. The van der Waals surface area contributed by atoms with Crippen LogP contribution in [0.15, 0.2) is 42.6 Å². The molecular formula is C14H12F3NO2. The molecule has 1 heterocycles. The SMILES string of the molecule is Cn1cccc1C(=O)COc1ccc(C(F)(F)F)cc1. The number of benzene rings is 1. The molecule has 0 bridgehead atoms. The summed E-state index contributed by atoms with van der Waals surface area (Å²) >= 11 is 0. The first-order valence-electron chi connectivity index (χ1n) is 5.82. The minimum Gasteiger partial charge on any atom is -0.485 e. The molecule has 0 radical (unpaired) electrons. The van der Waals surface area contributed by atoms with E-state index in [1.807, 2.05) is 0 Å². The summed E-state index contributed by atoms with van der Waals surface area (Å²) in [6.45, 7) is -0.219. The maximum absolute atomic E-state index is 12.4. The summed E-state index contributed by atoms with van der Waals surface area (Å²) in [7, 11) is 1.73. The molecule has 0 aliphatic carbocycles. The molecule has 20 heavy (non-hydrogen) atoms. The van der Waals surface area contributed by atoms with Gasteiger partial charge in [0.15, 0.2) is 6.61 Å². The summed E-state index contributed by atoms with van der Waals surface area (Å²) in [6.07, 6.45) is -2.65. The van der Waals surface area contributed by atoms with Crippen molar-refractivity contribution in [2.24, 2.45) is 7.05 Å². The molecule has 0 aliphatic rings. The number of carbonyl (C=O) groups is 1. The van der Waals surface area contributed by atoms with Crippen molar-refractivity contribution in [3.05, 3.63) is 53.9 Å². The zero-order valence-corrected chi connectivity index (χ0v) is 10.6. The molecule has 0 saturated heterocycles. The topological polar surface area (TPSA) is 31.2 Å². The standard InChI is InChI=1S/C14H12F3NO2/c1-18-8-2-3-12(18)13(19)9-20-11-6-4-10(5-7-11)14(15,16)17/h2-8H,9H2,1H3. The van der Waals surface area contributed by atoms with Crippen LogP contribution >= 0.6 is 0 Å². The Morgan fingerprint density at radius 3 is 2.35 bits per heavy atom. The molecule has 0 fully saturated rings. The van der Waals surface area contributed by atoms with E-state index in [0.717, 1.165) is 12.1 Å². The number of ether oxygens (including phenoxy) is 1. The zero-order chi connectivity index (χ0) is 14.8. The predicted molar refractivity (Wildman–Crippen MR) is 66.7 cm³/mol. The number of rotatable bonds is 4. The van der Waals surface area contributed by atoms with Crippen LogP contribution in [0.2, 0.25) is 0 Å². The lowest BCUT2D eigenvalue weighted by molar-refractivity contribution is -0.137. The van der Waals surface area contributed by atoms with E-state index in [0.29, 0.717) is 5.69 Å². The number of aromatic nitrogens is 1. The van der Waals surface area contributed by atoms with Crippen LogP contribution < -0.4 is 4.74 Å². The second-order valence-corrected chi connectivity index (χ2v) is 4.24. The molecule has 0 saturated carbocycles. The van der Waals surface area contributed by atoms with Gasteiger partial charge in [-0.3, -0.25) is 4.79 Å². The number of ketones is 1. The normalized spacial score (nSPS) is 11.4. The number of hydrogen-bond donors (Lipinski definition) is 0. The number of Topliss-reactive ketones (excluding diaryl/α,β-unsaturated/α-hetero) is 1. The molecule has 0 unspecified atom stereocenters. The molecule has 1 aromatic carbocycles. The summed E-state index contributed by atoms with van der Waals surface area (Å²) in [5.74, 6) is -0.0158. The molecule has 2 aromatic rings. The predicted octanol–water partition coefficient (Wildman–Crippen LogP) is 3.31. The van der Waals surface area contributed by atoms with Crippen LogP contribution in [-0.4, -0.2) is 17.0 Å². The van der Waals surface area contributed by atoms with Gasteiger partial charge in [-0.15, -0.1) is 0 Å². The summed E-state index contributed by atoms with van der Waals surface area (Å²) < 4.78 is 43.9. The largest absolute Gasteiger partial charge is 0.485 e. The summed E-state index contributed by atoms with van der Waals surface area (Å²) in [5, 5.41) is 0. The van der Waals surface area contributed by atoms with Gasteiger partial charge in [0.2, 0.25) is 5.78 Å². The third-order valence-corrected chi connectivity index (χ3v) is 2.78. The van der Waals surface area contributed by atoms with Crippen LogP contribution in [0.5, 0.6) is 5.75 Å². The number of hydrogen-bond acceptors (Lipinski definition) is 2. The average Bonchev–Trinajstić information content (AvgIpc) is 2.82. The third-order valence-electron chi connectivity index (χ3n) is 2.78. The van der Waals surface area contributed by atoms with E-state index in [-0.39, 0.29) is 18.1 Å². The van der Waals surface area contributed by atoms with Gasteiger partial charge in [0.05, 0.1) is 11.3 Å². The summed E-state index contributed by atoms with van der Waals surface area (Å²) in [5.41, 5.74) is -0.268. The van der Waals surface area contributed by atoms with E-state index < -0.39 is 11.7 Å². The van der Waals surface area contributed by atoms with Gasteiger partial charge in [0.1, 0.15) is 5.75 Å². The molecule has 6 heteroatoms. The Bertz CT molecular complexity index is 600. The third kappa shape index (κ3) is 3.20. The van der Waals surface area contributed by atoms with Crippen molar-refractivity contribution >= 4 is 5.78 Å². The van der Waals surface area contributed by atoms with Crippen molar-refractivity contribution in [2.45, 2.75) is 6.18 Å². The van der Waals surface area contributed by atoms with E-state index in [1.54, 1.807) is 29.9 Å². The second kappa shape index (κ2) is 5.40. The van der Waals surface area contributed by atoms with E-state index in [4.69, 9.17) is 4.74 Å². The number of alkyl halides is 3. The van der Waals surface area contributed by atoms with Crippen LogP contribution in [0.25, 0.3) is 0 Å². The van der Waals surface area contributed by atoms with E-state index in [9.17, 15) is 18.0 Å². The monoisotopic (exact) mass is 283 g/mol. The van der Waals surface area contributed by atoms with Crippen LogP contribution in [0, 0.1) is 0 Å². The highest BCUT2D eigenvalue weighted by Gasteiger charge is 2.30. The maximum atomic E-state index is 12.4. The van der Waals surface area contributed by atoms with Crippen molar-refractivity contribution in [2.75, 3.05) is 6.61 Å². The van der Waals surface area contributed by atoms with Crippen LogP contribution in [-0.2, 0) is 13.2 Å². The highest BCUT2D eigenvalue weighted by atomic mass is 19.4. The highest BCUT2D eigenvalue weighted by Crippen LogP contribution is 2.30. The van der Waals surface area contributed by atoms with Gasteiger partial charge in [-0.05, 0) is 36.4 Å². The van der Waals surface area contributed by atoms with Gasteiger partial charge in [0.25, 0.3) is 0 Å². The fourth-order valence-electron chi connectivity index (χ4n) is 1.71. The number of aryl methyl sites for hydroxylation is 1. The lowest BCUT2D eigenvalue weighted by Gasteiger charge is -2.09. The summed E-state index contributed by atoms with van der Waals surface area (Å²) in [6, 6.07) is 7.61. The Labute approximate surface area is 113 Å². The van der Waals surface area contributed by atoms with E-state index in [1.165, 1.54) is 12.1 Å². The number of nitrogens with zero attached hydrogens (tertiary/aromatic N) is 1. The van der Waals surface area contributed by atoms with Crippen molar-refractivity contribution < 1.29 is 22.7 Å². The first-order chi connectivity index (χ1) is 9.38. The number of carbonyl (C=O) groups excluding carboxylic acids is 1. The Morgan fingerprint density at radius 1 is 1.20 bits per heavy atom. The Balaban J connectivity index is 1.98. The highest BCUT2D eigenvalue weighted by molar-refractivity contribution is 5.95.